The van der Waals surface area contributed by atoms with Crippen molar-refractivity contribution < 1.29 is 9.52 Å². The molecular weight excluding hydrogens is 220 g/mol. The molecule has 0 aliphatic carbocycles. The monoisotopic (exact) mass is 230 g/mol. The Kier molecular flexibility index (Phi) is 2.02. The van der Waals surface area contributed by atoms with Gasteiger partial charge in [-0.2, -0.15) is 0 Å². The van der Waals surface area contributed by atoms with Crippen LogP contribution in [-0.2, 0) is 6.61 Å². The Morgan fingerprint density at radius 1 is 1.47 bits per heavy atom. The van der Waals surface area contributed by atoms with Crippen molar-refractivity contribution >= 4 is 22.0 Å². The molecule has 86 valence electrons. The van der Waals surface area contributed by atoms with Crippen molar-refractivity contribution in [3.05, 3.63) is 40.0 Å². The van der Waals surface area contributed by atoms with Gasteiger partial charge in [-0.05, 0) is 17.7 Å². The zero-order valence-electron chi connectivity index (χ0n) is 9.15. The Morgan fingerprint density at radius 3 is 3.06 bits per heavy atom. The van der Waals surface area contributed by atoms with E-state index in [1.54, 1.807) is 19.1 Å². The highest BCUT2D eigenvalue weighted by molar-refractivity contribution is 6.00. The third kappa shape index (κ3) is 1.43. The Hall–Kier alpha value is -2.14. The number of hydrogen-bond acceptors (Lipinski definition) is 4. The van der Waals surface area contributed by atoms with E-state index in [9.17, 15) is 4.79 Å². The molecule has 2 heterocycles. The first-order valence-corrected chi connectivity index (χ1v) is 5.22. The maximum atomic E-state index is 11.8. The first-order valence-electron chi connectivity index (χ1n) is 5.22. The number of nitrogens with zero attached hydrogens (tertiary/aromatic N) is 1. The van der Waals surface area contributed by atoms with E-state index >= 15 is 0 Å². The molecule has 5 heteroatoms. The lowest BCUT2D eigenvalue weighted by Gasteiger charge is -2.00. The zero-order chi connectivity index (χ0) is 12.0. The predicted molar refractivity (Wildman–Crippen MR) is 62.8 cm³/mol. The van der Waals surface area contributed by atoms with Gasteiger partial charge in [0, 0.05) is 12.3 Å². The Labute approximate surface area is 95.7 Å². The first kappa shape index (κ1) is 10.0. The molecule has 5 nitrogen and oxygen atoms in total. The molecular formula is C12H10N2O3. The maximum Gasteiger partial charge on any atom is 0.278 e. The number of H-pyrrole nitrogens is 1. The number of aryl methyl sites for hydroxylation is 1. The van der Waals surface area contributed by atoms with E-state index in [0.29, 0.717) is 22.5 Å². The number of pyridine rings is 1. The van der Waals surface area contributed by atoms with Crippen molar-refractivity contribution in [3.63, 3.8) is 0 Å². The summed E-state index contributed by atoms with van der Waals surface area (Å²) in [4.78, 5) is 18.5. The topological polar surface area (TPSA) is 79.1 Å². The normalized spacial score (nSPS) is 11.4. The van der Waals surface area contributed by atoms with Gasteiger partial charge in [0.05, 0.1) is 12.1 Å². The fourth-order valence-electron chi connectivity index (χ4n) is 1.94. The van der Waals surface area contributed by atoms with E-state index in [4.69, 9.17) is 9.52 Å². The van der Waals surface area contributed by atoms with E-state index in [2.05, 4.69) is 9.97 Å². The van der Waals surface area contributed by atoms with E-state index in [1.807, 2.05) is 6.07 Å². The Balaban J connectivity index is 2.52. The van der Waals surface area contributed by atoms with Crippen LogP contribution in [0.2, 0.25) is 0 Å². The lowest BCUT2D eigenvalue weighted by Crippen LogP contribution is -2.06. The molecule has 0 fully saturated rings. The molecule has 0 amide bonds. The predicted octanol–water partition coefficient (Wildman–Crippen LogP) is 1.47. The number of nitrogens with one attached hydrogen (secondary N) is 1. The molecule has 0 aliphatic heterocycles. The molecule has 0 unspecified atom stereocenters. The smallest absolute Gasteiger partial charge is 0.278 e. The van der Waals surface area contributed by atoms with Gasteiger partial charge in [-0.25, -0.2) is 4.98 Å². The number of rotatable bonds is 1. The molecule has 3 aromatic rings. The molecule has 0 saturated carbocycles. The molecule has 0 saturated heterocycles. The number of aromatic nitrogens is 2. The van der Waals surface area contributed by atoms with Crippen molar-refractivity contribution in [3.8, 4) is 0 Å². The number of aromatic amines is 1. The van der Waals surface area contributed by atoms with Crippen LogP contribution in [0.4, 0.5) is 0 Å². The van der Waals surface area contributed by atoms with Crippen molar-refractivity contribution in [1.29, 1.82) is 0 Å². The summed E-state index contributed by atoms with van der Waals surface area (Å²) in [6.45, 7) is 1.64. The van der Waals surface area contributed by atoms with E-state index in [1.165, 1.54) is 0 Å². The molecule has 2 aromatic heterocycles. The minimum atomic E-state index is -0.278. The van der Waals surface area contributed by atoms with Crippen LogP contribution in [0.5, 0.6) is 0 Å². The standard InChI is InChI=1S/C12H10N2O3/c1-6-13-10-11(17-6)8-3-2-7(5-15)4-9(8)14-12(10)16/h2-4,15H,5H2,1H3,(H,14,16). The van der Waals surface area contributed by atoms with Crippen LogP contribution in [0.25, 0.3) is 22.0 Å². The van der Waals surface area contributed by atoms with Gasteiger partial charge in [-0.15, -0.1) is 0 Å². The summed E-state index contributed by atoms with van der Waals surface area (Å²) in [5.41, 5.74) is 1.91. The van der Waals surface area contributed by atoms with Gasteiger partial charge in [0.25, 0.3) is 5.56 Å². The van der Waals surface area contributed by atoms with Crippen molar-refractivity contribution in [2.75, 3.05) is 0 Å². The molecule has 0 aliphatic rings. The van der Waals surface area contributed by atoms with Crippen LogP contribution in [0.15, 0.2) is 27.4 Å². The average Bonchev–Trinajstić information content (AvgIpc) is 2.71. The third-order valence-corrected chi connectivity index (χ3v) is 2.71. The highest BCUT2D eigenvalue weighted by Gasteiger charge is 2.11. The average molecular weight is 230 g/mol. The lowest BCUT2D eigenvalue weighted by molar-refractivity contribution is 0.282. The number of fused-ring (bicyclic) bond motifs is 3. The summed E-state index contributed by atoms with van der Waals surface area (Å²) >= 11 is 0. The van der Waals surface area contributed by atoms with Gasteiger partial charge < -0.3 is 14.5 Å². The second kappa shape index (κ2) is 3.43. The SMILES string of the molecule is Cc1nc2c(=O)[nH]c3cc(CO)ccc3c2o1. The summed E-state index contributed by atoms with van der Waals surface area (Å²) in [5, 5.41) is 9.85. The fraction of sp³-hybridized carbons (Fsp3) is 0.167. The number of aliphatic hydroxyl groups is 1. The molecule has 3 rings (SSSR count). The van der Waals surface area contributed by atoms with Crippen LogP contribution in [-0.4, -0.2) is 15.1 Å². The lowest BCUT2D eigenvalue weighted by atomic mass is 10.1. The second-order valence-corrected chi connectivity index (χ2v) is 3.90. The van der Waals surface area contributed by atoms with Gasteiger partial charge in [0.2, 0.25) is 0 Å². The van der Waals surface area contributed by atoms with Crippen molar-refractivity contribution in [2.45, 2.75) is 13.5 Å². The first-order chi connectivity index (χ1) is 8.19. The number of oxazole rings is 1. The van der Waals surface area contributed by atoms with Crippen LogP contribution in [0.1, 0.15) is 11.5 Å². The fourth-order valence-corrected chi connectivity index (χ4v) is 1.94. The van der Waals surface area contributed by atoms with Crippen LogP contribution in [0.3, 0.4) is 0 Å². The van der Waals surface area contributed by atoms with Crippen LogP contribution in [0, 0.1) is 6.92 Å². The third-order valence-electron chi connectivity index (χ3n) is 2.71. The number of aliphatic hydroxyl groups excluding tert-OH is 1. The number of benzene rings is 1. The van der Waals surface area contributed by atoms with Gasteiger partial charge >= 0.3 is 0 Å². The summed E-state index contributed by atoms with van der Waals surface area (Å²) in [6.07, 6.45) is 0. The quantitative estimate of drug-likeness (QED) is 0.663. The second-order valence-electron chi connectivity index (χ2n) is 3.90. The van der Waals surface area contributed by atoms with E-state index in [0.717, 1.165) is 10.9 Å². The highest BCUT2D eigenvalue weighted by atomic mass is 16.3. The van der Waals surface area contributed by atoms with Crippen molar-refractivity contribution in [2.24, 2.45) is 0 Å². The van der Waals surface area contributed by atoms with Gasteiger partial charge in [0.1, 0.15) is 0 Å². The minimum Gasteiger partial charge on any atom is -0.440 e. The molecule has 0 radical (unpaired) electrons. The molecule has 17 heavy (non-hydrogen) atoms. The molecule has 0 spiro atoms. The molecule has 0 atom stereocenters. The van der Waals surface area contributed by atoms with E-state index < -0.39 is 0 Å². The number of hydrogen-bond donors (Lipinski definition) is 2. The minimum absolute atomic E-state index is 0.0640. The molecule has 2 N–H and O–H groups in total. The zero-order valence-corrected chi connectivity index (χ0v) is 9.15. The Bertz CT molecular complexity index is 770. The maximum absolute atomic E-state index is 11.8. The summed E-state index contributed by atoms with van der Waals surface area (Å²) < 4.78 is 5.44. The summed E-state index contributed by atoms with van der Waals surface area (Å²) in [5.74, 6) is 0.462. The van der Waals surface area contributed by atoms with Gasteiger partial charge in [0.15, 0.2) is 17.0 Å². The highest BCUT2D eigenvalue weighted by Crippen LogP contribution is 2.22. The van der Waals surface area contributed by atoms with Crippen LogP contribution < -0.4 is 5.56 Å². The molecule has 0 bridgehead atoms. The summed E-state index contributed by atoms with van der Waals surface area (Å²) in [7, 11) is 0. The summed E-state index contributed by atoms with van der Waals surface area (Å²) in [6, 6.07) is 5.33. The Morgan fingerprint density at radius 2 is 2.29 bits per heavy atom. The van der Waals surface area contributed by atoms with E-state index in [-0.39, 0.29) is 12.2 Å². The van der Waals surface area contributed by atoms with Gasteiger partial charge in [-0.3, -0.25) is 4.79 Å². The van der Waals surface area contributed by atoms with Crippen LogP contribution >= 0.6 is 0 Å². The van der Waals surface area contributed by atoms with Crippen molar-refractivity contribution in [1.82, 2.24) is 9.97 Å². The largest absolute Gasteiger partial charge is 0.440 e. The van der Waals surface area contributed by atoms with Gasteiger partial charge in [-0.1, -0.05) is 6.07 Å². The molecule has 1 aromatic carbocycles.